The lowest BCUT2D eigenvalue weighted by Gasteiger charge is -2.26. The molecule has 1 aromatic carbocycles. The molecule has 25 heavy (non-hydrogen) atoms. The van der Waals surface area contributed by atoms with Crippen LogP contribution in [-0.4, -0.2) is 60.0 Å². The third-order valence-corrected chi connectivity index (χ3v) is 4.37. The molecule has 6 nitrogen and oxygen atoms in total. The Morgan fingerprint density at radius 1 is 1.20 bits per heavy atom. The van der Waals surface area contributed by atoms with E-state index in [0.717, 1.165) is 57.1 Å². The van der Waals surface area contributed by atoms with Gasteiger partial charge in [-0.25, -0.2) is 4.68 Å². The number of morpholine rings is 1. The third-order valence-electron chi connectivity index (χ3n) is 4.37. The zero-order chi connectivity index (χ0) is 17.3. The van der Waals surface area contributed by atoms with Crippen molar-refractivity contribution in [3.05, 3.63) is 48.3 Å². The molecular weight excluding hydrogens is 316 g/mol. The zero-order valence-electron chi connectivity index (χ0n) is 14.6. The first-order valence-corrected chi connectivity index (χ1v) is 8.97. The molecule has 1 fully saturated rings. The molecule has 1 amide bonds. The van der Waals surface area contributed by atoms with E-state index in [0.29, 0.717) is 12.8 Å². The van der Waals surface area contributed by atoms with Gasteiger partial charge >= 0.3 is 0 Å². The highest BCUT2D eigenvalue weighted by atomic mass is 16.5. The predicted molar refractivity (Wildman–Crippen MR) is 96.8 cm³/mol. The highest BCUT2D eigenvalue weighted by molar-refractivity contribution is 5.76. The first-order valence-electron chi connectivity index (χ1n) is 8.97. The minimum atomic E-state index is 0.106. The molecule has 0 spiro atoms. The Morgan fingerprint density at radius 3 is 2.80 bits per heavy atom. The molecule has 2 heterocycles. The van der Waals surface area contributed by atoms with E-state index in [9.17, 15) is 4.79 Å². The number of carbonyl (C=O) groups excluding carboxylic acids is 1. The summed E-state index contributed by atoms with van der Waals surface area (Å²) in [4.78, 5) is 14.4. The highest BCUT2D eigenvalue weighted by Crippen LogP contribution is 2.09. The van der Waals surface area contributed by atoms with Gasteiger partial charge in [0.25, 0.3) is 0 Å². The van der Waals surface area contributed by atoms with Crippen LogP contribution in [-0.2, 0) is 16.0 Å². The summed E-state index contributed by atoms with van der Waals surface area (Å²) in [6.07, 6.45) is 6.01. The standard InChI is InChI=1S/C19H26N4O2/c24-19(20-9-4-10-22-11-13-25-14-12-22)8-7-17-15-21-23(16-17)18-5-2-1-3-6-18/h1-3,5-6,15-16H,4,7-14H2,(H,20,24). The second kappa shape index (κ2) is 9.34. The maximum atomic E-state index is 12.0. The number of ether oxygens (including phenoxy) is 1. The zero-order valence-corrected chi connectivity index (χ0v) is 14.6. The van der Waals surface area contributed by atoms with Crippen molar-refractivity contribution >= 4 is 5.91 Å². The lowest BCUT2D eigenvalue weighted by atomic mass is 10.2. The van der Waals surface area contributed by atoms with E-state index in [1.165, 1.54) is 0 Å². The molecule has 1 saturated heterocycles. The van der Waals surface area contributed by atoms with Crippen LogP contribution in [0.2, 0.25) is 0 Å². The van der Waals surface area contributed by atoms with Crippen molar-refractivity contribution in [2.24, 2.45) is 0 Å². The van der Waals surface area contributed by atoms with Crippen LogP contribution >= 0.6 is 0 Å². The van der Waals surface area contributed by atoms with Gasteiger partial charge in [-0.3, -0.25) is 9.69 Å². The number of hydrogen-bond acceptors (Lipinski definition) is 4. The Kier molecular flexibility index (Phi) is 6.59. The predicted octanol–water partition coefficient (Wildman–Crippen LogP) is 1.64. The number of aryl methyl sites for hydroxylation is 1. The maximum absolute atomic E-state index is 12.0. The van der Waals surface area contributed by atoms with Gasteiger partial charge in [0.2, 0.25) is 5.91 Å². The van der Waals surface area contributed by atoms with E-state index in [1.54, 1.807) is 0 Å². The minimum Gasteiger partial charge on any atom is -0.379 e. The number of nitrogens with one attached hydrogen (secondary N) is 1. The number of carbonyl (C=O) groups is 1. The van der Waals surface area contributed by atoms with Gasteiger partial charge in [-0.05, 0) is 37.1 Å². The highest BCUT2D eigenvalue weighted by Gasteiger charge is 2.10. The summed E-state index contributed by atoms with van der Waals surface area (Å²) in [6.45, 7) is 5.40. The lowest BCUT2D eigenvalue weighted by Crippen LogP contribution is -2.38. The molecule has 3 rings (SSSR count). The second-order valence-electron chi connectivity index (χ2n) is 6.29. The van der Waals surface area contributed by atoms with Crippen molar-refractivity contribution in [3.63, 3.8) is 0 Å². The molecule has 0 aliphatic carbocycles. The smallest absolute Gasteiger partial charge is 0.220 e. The Bertz CT molecular complexity index is 650. The van der Waals surface area contributed by atoms with Gasteiger partial charge in [0.05, 0.1) is 25.1 Å². The number of nitrogens with zero attached hydrogens (tertiary/aromatic N) is 3. The van der Waals surface area contributed by atoms with E-state index in [1.807, 2.05) is 47.4 Å². The molecule has 0 unspecified atom stereocenters. The van der Waals surface area contributed by atoms with E-state index in [-0.39, 0.29) is 5.91 Å². The van der Waals surface area contributed by atoms with Crippen molar-refractivity contribution in [1.82, 2.24) is 20.0 Å². The monoisotopic (exact) mass is 342 g/mol. The first kappa shape index (κ1) is 17.6. The number of hydrogen-bond donors (Lipinski definition) is 1. The summed E-state index contributed by atoms with van der Waals surface area (Å²) in [6, 6.07) is 9.98. The lowest BCUT2D eigenvalue weighted by molar-refractivity contribution is -0.121. The van der Waals surface area contributed by atoms with E-state index in [2.05, 4.69) is 15.3 Å². The van der Waals surface area contributed by atoms with Crippen molar-refractivity contribution in [2.75, 3.05) is 39.4 Å². The van der Waals surface area contributed by atoms with Gasteiger partial charge in [0.15, 0.2) is 0 Å². The summed E-state index contributed by atoms with van der Waals surface area (Å²) in [5, 5.41) is 7.37. The van der Waals surface area contributed by atoms with Crippen molar-refractivity contribution < 1.29 is 9.53 Å². The summed E-state index contributed by atoms with van der Waals surface area (Å²) in [5.41, 5.74) is 2.11. The average molecular weight is 342 g/mol. The number of aromatic nitrogens is 2. The molecule has 0 saturated carbocycles. The average Bonchev–Trinajstić information content (AvgIpc) is 3.14. The molecule has 1 aliphatic rings. The first-order chi connectivity index (χ1) is 12.3. The normalized spacial score (nSPS) is 15.2. The van der Waals surface area contributed by atoms with Gasteiger partial charge in [-0.2, -0.15) is 5.10 Å². The number of para-hydroxylation sites is 1. The number of amides is 1. The Hall–Kier alpha value is -2.18. The molecule has 0 radical (unpaired) electrons. The quantitative estimate of drug-likeness (QED) is 0.741. The van der Waals surface area contributed by atoms with Crippen LogP contribution in [0.15, 0.2) is 42.7 Å². The Balaban J connectivity index is 1.33. The molecule has 0 atom stereocenters. The van der Waals surface area contributed by atoms with Crippen molar-refractivity contribution in [3.8, 4) is 5.69 Å². The van der Waals surface area contributed by atoms with Gasteiger partial charge in [0, 0.05) is 32.3 Å². The van der Waals surface area contributed by atoms with Crippen LogP contribution in [0.1, 0.15) is 18.4 Å². The summed E-state index contributed by atoms with van der Waals surface area (Å²) in [7, 11) is 0. The Morgan fingerprint density at radius 2 is 2.00 bits per heavy atom. The largest absolute Gasteiger partial charge is 0.379 e. The van der Waals surface area contributed by atoms with E-state index < -0.39 is 0 Å². The molecule has 0 bridgehead atoms. The molecule has 1 N–H and O–H groups in total. The summed E-state index contributed by atoms with van der Waals surface area (Å²) in [5.74, 6) is 0.106. The summed E-state index contributed by atoms with van der Waals surface area (Å²) < 4.78 is 7.17. The molecular formula is C19H26N4O2. The fraction of sp³-hybridized carbons (Fsp3) is 0.474. The fourth-order valence-corrected chi connectivity index (χ4v) is 2.91. The molecule has 1 aromatic heterocycles. The molecule has 6 heteroatoms. The van der Waals surface area contributed by atoms with Crippen LogP contribution in [0.25, 0.3) is 5.69 Å². The van der Waals surface area contributed by atoms with E-state index in [4.69, 9.17) is 4.74 Å². The third kappa shape index (κ3) is 5.69. The Labute approximate surface area is 148 Å². The minimum absolute atomic E-state index is 0.106. The molecule has 2 aromatic rings. The maximum Gasteiger partial charge on any atom is 0.220 e. The van der Waals surface area contributed by atoms with Crippen LogP contribution < -0.4 is 5.32 Å². The second-order valence-corrected chi connectivity index (χ2v) is 6.29. The van der Waals surface area contributed by atoms with Crippen LogP contribution in [0.5, 0.6) is 0 Å². The number of benzene rings is 1. The van der Waals surface area contributed by atoms with Gasteiger partial charge < -0.3 is 10.1 Å². The fourth-order valence-electron chi connectivity index (χ4n) is 2.91. The number of rotatable bonds is 8. The van der Waals surface area contributed by atoms with Gasteiger partial charge in [-0.15, -0.1) is 0 Å². The van der Waals surface area contributed by atoms with E-state index >= 15 is 0 Å². The molecule has 134 valence electrons. The van der Waals surface area contributed by atoms with Gasteiger partial charge in [0.1, 0.15) is 0 Å². The van der Waals surface area contributed by atoms with Gasteiger partial charge in [-0.1, -0.05) is 18.2 Å². The van der Waals surface area contributed by atoms with Crippen molar-refractivity contribution in [2.45, 2.75) is 19.3 Å². The summed E-state index contributed by atoms with van der Waals surface area (Å²) >= 11 is 0. The van der Waals surface area contributed by atoms with Crippen LogP contribution in [0.3, 0.4) is 0 Å². The molecule has 1 aliphatic heterocycles. The van der Waals surface area contributed by atoms with Crippen LogP contribution in [0, 0.1) is 0 Å². The van der Waals surface area contributed by atoms with Crippen LogP contribution in [0.4, 0.5) is 0 Å². The van der Waals surface area contributed by atoms with Crippen molar-refractivity contribution in [1.29, 1.82) is 0 Å². The topological polar surface area (TPSA) is 59.4 Å². The SMILES string of the molecule is O=C(CCc1cnn(-c2ccccc2)c1)NCCCN1CCOCC1.